The van der Waals surface area contributed by atoms with Crippen LogP contribution >= 0.6 is 11.3 Å². The second-order valence-corrected chi connectivity index (χ2v) is 6.01. The summed E-state index contributed by atoms with van der Waals surface area (Å²) in [5, 5.41) is 4.17. The van der Waals surface area contributed by atoms with Crippen LogP contribution in [0.25, 0.3) is 10.2 Å². The molecule has 1 aromatic carbocycles. The molecule has 0 unspecified atom stereocenters. The number of thiazole rings is 1. The van der Waals surface area contributed by atoms with Crippen LogP contribution in [-0.2, 0) is 14.1 Å². The molecule has 2 aromatic heterocycles. The van der Waals surface area contributed by atoms with Crippen molar-refractivity contribution < 1.29 is 9.53 Å². The largest absolute Gasteiger partial charge is 0.495 e. The second-order valence-electron chi connectivity index (χ2n) is 5.00. The van der Waals surface area contributed by atoms with Crippen molar-refractivity contribution in [2.24, 2.45) is 19.1 Å². The molecule has 0 aliphatic rings. The molecule has 0 radical (unpaired) electrons. The summed E-state index contributed by atoms with van der Waals surface area (Å²) in [6.45, 7) is 1.85. The summed E-state index contributed by atoms with van der Waals surface area (Å²) in [6, 6.07) is 5.80. The molecule has 0 saturated heterocycles. The molecule has 0 bridgehead atoms. The number of nitrogens with zero attached hydrogens (tertiary/aromatic N) is 4. The third kappa shape index (κ3) is 2.33. The van der Waals surface area contributed by atoms with Crippen LogP contribution < -0.4 is 9.54 Å². The zero-order chi connectivity index (χ0) is 15.9. The zero-order valence-corrected chi connectivity index (χ0v) is 13.6. The number of aryl methyl sites for hydroxylation is 3. The summed E-state index contributed by atoms with van der Waals surface area (Å²) in [7, 11) is 5.29. The lowest BCUT2D eigenvalue weighted by Crippen LogP contribution is -2.14. The van der Waals surface area contributed by atoms with Gasteiger partial charge >= 0.3 is 0 Å². The van der Waals surface area contributed by atoms with Crippen LogP contribution in [0, 0.1) is 6.92 Å². The van der Waals surface area contributed by atoms with Gasteiger partial charge in [0.15, 0.2) is 10.5 Å². The third-order valence-corrected chi connectivity index (χ3v) is 4.51. The highest BCUT2D eigenvalue weighted by molar-refractivity contribution is 7.16. The van der Waals surface area contributed by atoms with Crippen molar-refractivity contribution in [1.82, 2.24) is 14.3 Å². The van der Waals surface area contributed by atoms with Gasteiger partial charge in [-0.15, -0.1) is 0 Å². The molecule has 7 heteroatoms. The highest BCUT2D eigenvalue weighted by atomic mass is 32.1. The highest BCUT2D eigenvalue weighted by Gasteiger charge is 2.14. The van der Waals surface area contributed by atoms with E-state index in [2.05, 4.69) is 10.1 Å². The fraction of sp³-hybridized carbons (Fsp3) is 0.267. The van der Waals surface area contributed by atoms with Gasteiger partial charge in [0, 0.05) is 25.9 Å². The monoisotopic (exact) mass is 316 g/mol. The van der Waals surface area contributed by atoms with Gasteiger partial charge in [-0.2, -0.15) is 10.1 Å². The molecule has 3 rings (SSSR count). The first kappa shape index (κ1) is 14.5. The maximum absolute atomic E-state index is 12.4. The summed E-state index contributed by atoms with van der Waals surface area (Å²) in [4.78, 5) is 17.2. The lowest BCUT2D eigenvalue weighted by atomic mass is 10.3. The minimum Gasteiger partial charge on any atom is -0.495 e. The maximum Gasteiger partial charge on any atom is 0.300 e. The number of ether oxygens (including phenoxy) is 1. The van der Waals surface area contributed by atoms with Gasteiger partial charge in [0.05, 0.1) is 11.8 Å². The Kier molecular flexibility index (Phi) is 3.58. The molecule has 114 valence electrons. The van der Waals surface area contributed by atoms with E-state index in [-0.39, 0.29) is 5.91 Å². The molecule has 6 nitrogen and oxygen atoms in total. The van der Waals surface area contributed by atoms with Crippen LogP contribution in [0.15, 0.2) is 29.4 Å². The number of hydrogen-bond donors (Lipinski definition) is 0. The Labute approximate surface area is 131 Å². The molecule has 0 saturated carbocycles. The molecule has 0 fully saturated rings. The number of benzene rings is 1. The minimum atomic E-state index is -0.334. The molecule has 0 aliphatic carbocycles. The van der Waals surface area contributed by atoms with Crippen molar-refractivity contribution in [3.63, 3.8) is 0 Å². The minimum absolute atomic E-state index is 0.334. The van der Waals surface area contributed by atoms with Gasteiger partial charge in [0.1, 0.15) is 11.3 Å². The van der Waals surface area contributed by atoms with E-state index in [1.165, 1.54) is 11.3 Å². The first-order valence-corrected chi connectivity index (χ1v) is 7.54. The summed E-state index contributed by atoms with van der Waals surface area (Å²) in [5.41, 5.74) is 2.13. The van der Waals surface area contributed by atoms with Crippen LogP contribution in [-0.4, -0.2) is 27.4 Å². The number of aromatic nitrogens is 3. The van der Waals surface area contributed by atoms with Crippen molar-refractivity contribution in [3.05, 3.63) is 40.5 Å². The van der Waals surface area contributed by atoms with Gasteiger partial charge in [-0.1, -0.05) is 17.4 Å². The fourth-order valence-corrected chi connectivity index (χ4v) is 3.43. The van der Waals surface area contributed by atoms with E-state index in [9.17, 15) is 4.79 Å². The van der Waals surface area contributed by atoms with E-state index in [1.807, 2.05) is 36.7 Å². The number of para-hydroxylation sites is 1. The molecule has 0 atom stereocenters. The number of amides is 1. The van der Waals surface area contributed by atoms with Crippen molar-refractivity contribution in [3.8, 4) is 5.75 Å². The van der Waals surface area contributed by atoms with Crippen molar-refractivity contribution in [1.29, 1.82) is 0 Å². The van der Waals surface area contributed by atoms with Crippen LogP contribution in [0.5, 0.6) is 5.75 Å². The topological polar surface area (TPSA) is 61.4 Å². The van der Waals surface area contributed by atoms with Crippen molar-refractivity contribution in [2.45, 2.75) is 6.92 Å². The molecule has 0 N–H and O–H groups in total. The van der Waals surface area contributed by atoms with E-state index in [1.54, 1.807) is 25.0 Å². The van der Waals surface area contributed by atoms with Crippen LogP contribution in [0.1, 0.15) is 16.1 Å². The number of carbonyl (C=O) groups is 1. The number of fused-ring (bicyclic) bond motifs is 1. The van der Waals surface area contributed by atoms with Gasteiger partial charge in [-0.25, -0.2) is 0 Å². The Balaban J connectivity index is 2.16. The standard InChI is InChI=1S/C15H16N4O2S/c1-9-8-18(2)17-12(9)14(20)16-15-19(3)13-10(21-4)6-5-7-11(13)22-15/h5-8H,1-4H3. The van der Waals surface area contributed by atoms with E-state index in [0.29, 0.717) is 10.5 Å². The predicted molar refractivity (Wildman–Crippen MR) is 85.2 cm³/mol. The van der Waals surface area contributed by atoms with Crippen LogP contribution in [0.2, 0.25) is 0 Å². The molecular formula is C15H16N4O2S. The lowest BCUT2D eigenvalue weighted by Gasteiger charge is -2.02. The summed E-state index contributed by atoms with van der Waals surface area (Å²) in [6.07, 6.45) is 1.80. The van der Waals surface area contributed by atoms with E-state index in [4.69, 9.17) is 4.74 Å². The van der Waals surface area contributed by atoms with E-state index >= 15 is 0 Å². The Morgan fingerprint density at radius 2 is 2.14 bits per heavy atom. The molecular weight excluding hydrogens is 300 g/mol. The Morgan fingerprint density at radius 3 is 2.77 bits per heavy atom. The average Bonchev–Trinajstić information content (AvgIpc) is 2.99. The molecule has 0 spiro atoms. The van der Waals surface area contributed by atoms with Crippen molar-refractivity contribution in [2.75, 3.05) is 7.11 Å². The average molecular weight is 316 g/mol. The molecule has 3 aromatic rings. The quantitative estimate of drug-likeness (QED) is 0.727. The first-order valence-electron chi connectivity index (χ1n) is 6.73. The Morgan fingerprint density at radius 1 is 1.36 bits per heavy atom. The third-order valence-electron chi connectivity index (χ3n) is 3.42. The van der Waals surface area contributed by atoms with Crippen LogP contribution in [0.3, 0.4) is 0 Å². The second kappa shape index (κ2) is 5.42. The van der Waals surface area contributed by atoms with Gasteiger partial charge < -0.3 is 9.30 Å². The van der Waals surface area contributed by atoms with E-state index in [0.717, 1.165) is 21.5 Å². The number of hydrogen-bond acceptors (Lipinski definition) is 4. The van der Waals surface area contributed by atoms with Gasteiger partial charge in [0.25, 0.3) is 5.91 Å². The van der Waals surface area contributed by atoms with Gasteiger partial charge in [-0.05, 0) is 19.1 Å². The first-order chi connectivity index (χ1) is 10.5. The summed E-state index contributed by atoms with van der Waals surface area (Å²) >= 11 is 1.45. The van der Waals surface area contributed by atoms with Crippen LogP contribution in [0.4, 0.5) is 0 Å². The fourth-order valence-electron chi connectivity index (χ4n) is 2.40. The summed E-state index contributed by atoms with van der Waals surface area (Å²) < 4.78 is 9.88. The maximum atomic E-state index is 12.4. The molecule has 1 amide bonds. The zero-order valence-electron chi connectivity index (χ0n) is 12.8. The highest BCUT2D eigenvalue weighted by Crippen LogP contribution is 2.26. The SMILES string of the molecule is COc1cccc2sc(=NC(=O)c3nn(C)cc3C)n(C)c12. The summed E-state index contributed by atoms with van der Waals surface area (Å²) in [5.74, 6) is 0.429. The van der Waals surface area contributed by atoms with E-state index < -0.39 is 0 Å². The smallest absolute Gasteiger partial charge is 0.300 e. The predicted octanol–water partition coefficient (Wildman–Crippen LogP) is 2.03. The number of methoxy groups -OCH3 is 1. The number of rotatable bonds is 2. The van der Waals surface area contributed by atoms with Gasteiger partial charge in [0.2, 0.25) is 0 Å². The van der Waals surface area contributed by atoms with Crippen molar-refractivity contribution >= 4 is 27.5 Å². The molecule has 22 heavy (non-hydrogen) atoms. The normalized spacial score (nSPS) is 12.1. The number of carbonyl (C=O) groups excluding carboxylic acids is 1. The molecule has 2 heterocycles. The Hall–Kier alpha value is -2.41. The molecule has 0 aliphatic heterocycles. The van der Waals surface area contributed by atoms with Gasteiger partial charge in [-0.3, -0.25) is 9.48 Å². The Bertz CT molecular complexity index is 933. The lowest BCUT2D eigenvalue weighted by molar-refractivity contribution is 0.0992.